The number of aromatic amines is 1. The molecule has 1 aromatic heterocycles. The molecule has 124 valence electrons. The molecule has 0 bridgehead atoms. The van der Waals surface area contributed by atoms with Crippen LogP contribution in [-0.4, -0.2) is 37.1 Å². The SMILES string of the molecule is COc1ccc2[nH]cc(CCN=Cc3ccc(O)c(OC)c3)c2c1. The largest absolute Gasteiger partial charge is 0.504 e. The summed E-state index contributed by atoms with van der Waals surface area (Å²) in [5.74, 6) is 1.42. The number of ether oxygens (including phenoxy) is 2. The molecule has 1 heterocycles. The van der Waals surface area contributed by atoms with Crippen LogP contribution in [0.15, 0.2) is 47.6 Å². The molecule has 5 nitrogen and oxygen atoms in total. The van der Waals surface area contributed by atoms with Gasteiger partial charge in [0, 0.05) is 29.9 Å². The molecule has 0 atom stereocenters. The Morgan fingerprint density at radius 2 is 2.00 bits per heavy atom. The van der Waals surface area contributed by atoms with E-state index in [4.69, 9.17) is 9.47 Å². The van der Waals surface area contributed by atoms with Crippen LogP contribution >= 0.6 is 0 Å². The van der Waals surface area contributed by atoms with Crippen LogP contribution in [0.3, 0.4) is 0 Å². The quantitative estimate of drug-likeness (QED) is 0.681. The van der Waals surface area contributed by atoms with Crippen molar-refractivity contribution in [3.63, 3.8) is 0 Å². The summed E-state index contributed by atoms with van der Waals surface area (Å²) in [4.78, 5) is 7.73. The summed E-state index contributed by atoms with van der Waals surface area (Å²) >= 11 is 0. The fraction of sp³-hybridized carbons (Fsp3) is 0.211. The summed E-state index contributed by atoms with van der Waals surface area (Å²) in [6, 6.07) is 11.2. The highest BCUT2D eigenvalue weighted by Crippen LogP contribution is 2.26. The molecule has 2 aromatic carbocycles. The zero-order chi connectivity index (χ0) is 16.9. The van der Waals surface area contributed by atoms with Gasteiger partial charge >= 0.3 is 0 Å². The fourth-order valence-corrected chi connectivity index (χ4v) is 2.62. The molecule has 5 heteroatoms. The van der Waals surface area contributed by atoms with Gasteiger partial charge < -0.3 is 19.6 Å². The van der Waals surface area contributed by atoms with Gasteiger partial charge in [-0.05, 0) is 53.9 Å². The van der Waals surface area contributed by atoms with Crippen molar-refractivity contribution >= 4 is 17.1 Å². The van der Waals surface area contributed by atoms with Crippen molar-refractivity contribution in [2.24, 2.45) is 4.99 Å². The molecule has 0 fully saturated rings. The molecule has 0 saturated carbocycles. The van der Waals surface area contributed by atoms with E-state index >= 15 is 0 Å². The lowest BCUT2D eigenvalue weighted by atomic mass is 10.1. The topological polar surface area (TPSA) is 66.8 Å². The molecule has 3 rings (SSSR count). The molecule has 0 aliphatic rings. The van der Waals surface area contributed by atoms with Crippen molar-refractivity contribution in [2.75, 3.05) is 20.8 Å². The number of H-pyrrole nitrogens is 1. The molecule has 0 saturated heterocycles. The Kier molecular flexibility index (Phi) is 4.70. The molecule has 3 aromatic rings. The molecule has 0 amide bonds. The zero-order valence-electron chi connectivity index (χ0n) is 13.7. The van der Waals surface area contributed by atoms with Crippen molar-refractivity contribution in [2.45, 2.75) is 6.42 Å². The Morgan fingerprint density at radius 3 is 2.79 bits per heavy atom. The molecule has 0 unspecified atom stereocenters. The normalized spacial score (nSPS) is 11.2. The summed E-state index contributed by atoms with van der Waals surface area (Å²) in [5.41, 5.74) is 3.20. The summed E-state index contributed by atoms with van der Waals surface area (Å²) < 4.78 is 10.4. The summed E-state index contributed by atoms with van der Waals surface area (Å²) in [6.45, 7) is 0.674. The standard InChI is InChI=1S/C19H20N2O3/c1-23-15-4-5-17-16(10-15)14(12-21-17)7-8-20-11-13-3-6-18(22)19(9-13)24-2/h3-6,9-12,21-22H,7-8H2,1-2H3. The van der Waals surface area contributed by atoms with Crippen LogP contribution in [0, 0.1) is 0 Å². The first-order valence-electron chi connectivity index (χ1n) is 7.72. The predicted molar refractivity (Wildman–Crippen MR) is 95.7 cm³/mol. The number of aromatic hydroxyl groups is 1. The highest BCUT2D eigenvalue weighted by Gasteiger charge is 2.05. The Morgan fingerprint density at radius 1 is 1.12 bits per heavy atom. The Bertz CT molecular complexity index is 868. The van der Waals surface area contributed by atoms with Gasteiger partial charge in [-0.1, -0.05) is 0 Å². The third-order valence-electron chi connectivity index (χ3n) is 3.93. The Hall–Kier alpha value is -2.95. The molecule has 0 radical (unpaired) electrons. The summed E-state index contributed by atoms with van der Waals surface area (Å²) in [5, 5.41) is 10.8. The van der Waals surface area contributed by atoms with Crippen molar-refractivity contribution in [3.8, 4) is 17.2 Å². The third-order valence-corrected chi connectivity index (χ3v) is 3.93. The number of phenolic OH excluding ortho intramolecular Hbond substituents is 1. The fourth-order valence-electron chi connectivity index (χ4n) is 2.62. The van der Waals surface area contributed by atoms with Gasteiger partial charge in [0.1, 0.15) is 5.75 Å². The van der Waals surface area contributed by atoms with E-state index in [0.717, 1.165) is 28.6 Å². The van der Waals surface area contributed by atoms with Gasteiger partial charge in [-0.3, -0.25) is 4.99 Å². The molecule has 0 aliphatic heterocycles. The van der Waals surface area contributed by atoms with E-state index in [-0.39, 0.29) is 5.75 Å². The second-order valence-electron chi connectivity index (χ2n) is 5.44. The van der Waals surface area contributed by atoms with E-state index in [1.54, 1.807) is 31.5 Å². The lowest BCUT2D eigenvalue weighted by molar-refractivity contribution is 0.373. The Labute approximate surface area is 140 Å². The van der Waals surface area contributed by atoms with E-state index in [1.807, 2.05) is 24.4 Å². The molecular weight excluding hydrogens is 304 g/mol. The highest BCUT2D eigenvalue weighted by molar-refractivity contribution is 5.85. The van der Waals surface area contributed by atoms with E-state index < -0.39 is 0 Å². The maximum absolute atomic E-state index is 9.59. The van der Waals surface area contributed by atoms with Crippen LogP contribution in [-0.2, 0) is 6.42 Å². The third kappa shape index (κ3) is 3.35. The summed E-state index contributed by atoms with van der Waals surface area (Å²) in [7, 11) is 3.20. The number of nitrogens with one attached hydrogen (secondary N) is 1. The number of methoxy groups -OCH3 is 2. The number of fused-ring (bicyclic) bond motifs is 1. The first-order chi connectivity index (χ1) is 11.7. The minimum Gasteiger partial charge on any atom is -0.504 e. The van der Waals surface area contributed by atoms with Gasteiger partial charge in [-0.2, -0.15) is 0 Å². The van der Waals surface area contributed by atoms with Crippen molar-refractivity contribution in [1.82, 2.24) is 4.98 Å². The molecule has 0 spiro atoms. The van der Waals surface area contributed by atoms with E-state index in [1.165, 1.54) is 12.7 Å². The van der Waals surface area contributed by atoms with Gasteiger partial charge in [0.15, 0.2) is 11.5 Å². The molecule has 0 aliphatic carbocycles. The predicted octanol–water partition coefficient (Wildman–Crippen LogP) is 3.55. The first kappa shape index (κ1) is 15.9. The smallest absolute Gasteiger partial charge is 0.161 e. The van der Waals surface area contributed by atoms with Gasteiger partial charge in [0.25, 0.3) is 0 Å². The van der Waals surface area contributed by atoms with Gasteiger partial charge in [0.05, 0.1) is 14.2 Å². The van der Waals surface area contributed by atoms with E-state index in [9.17, 15) is 5.11 Å². The number of benzene rings is 2. The minimum atomic E-state index is 0.127. The number of nitrogens with zero attached hydrogens (tertiary/aromatic N) is 1. The number of rotatable bonds is 6. The van der Waals surface area contributed by atoms with Crippen LogP contribution in [0.1, 0.15) is 11.1 Å². The van der Waals surface area contributed by atoms with E-state index in [0.29, 0.717) is 12.3 Å². The molecular formula is C19H20N2O3. The molecule has 24 heavy (non-hydrogen) atoms. The second-order valence-corrected chi connectivity index (χ2v) is 5.44. The second kappa shape index (κ2) is 7.08. The lowest BCUT2D eigenvalue weighted by Gasteiger charge is -2.03. The molecule has 2 N–H and O–H groups in total. The van der Waals surface area contributed by atoms with Crippen LogP contribution in [0.5, 0.6) is 17.2 Å². The average molecular weight is 324 g/mol. The maximum Gasteiger partial charge on any atom is 0.161 e. The lowest BCUT2D eigenvalue weighted by Crippen LogP contribution is -1.91. The number of phenols is 1. The number of aromatic nitrogens is 1. The van der Waals surface area contributed by atoms with Crippen LogP contribution < -0.4 is 9.47 Å². The first-order valence-corrected chi connectivity index (χ1v) is 7.72. The van der Waals surface area contributed by atoms with Crippen LogP contribution in [0.2, 0.25) is 0 Å². The number of hydrogen-bond donors (Lipinski definition) is 2. The van der Waals surface area contributed by atoms with Crippen molar-refractivity contribution in [1.29, 1.82) is 0 Å². The van der Waals surface area contributed by atoms with Crippen molar-refractivity contribution < 1.29 is 14.6 Å². The maximum atomic E-state index is 9.59. The van der Waals surface area contributed by atoms with Gasteiger partial charge in [-0.15, -0.1) is 0 Å². The number of hydrogen-bond acceptors (Lipinski definition) is 4. The van der Waals surface area contributed by atoms with Crippen molar-refractivity contribution in [3.05, 3.63) is 53.7 Å². The van der Waals surface area contributed by atoms with Crippen LogP contribution in [0.4, 0.5) is 0 Å². The average Bonchev–Trinajstić information content (AvgIpc) is 3.02. The van der Waals surface area contributed by atoms with E-state index in [2.05, 4.69) is 9.98 Å². The zero-order valence-corrected chi connectivity index (χ0v) is 13.7. The van der Waals surface area contributed by atoms with Crippen LogP contribution in [0.25, 0.3) is 10.9 Å². The monoisotopic (exact) mass is 324 g/mol. The number of aliphatic imine (C=N–C) groups is 1. The van der Waals surface area contributed by atoms with Gasteiger partial charge in [-0.25, -0.2) is 0 Å². The summed E-state index contributed by atoms with van der Waals surface area (Å²) in [6.07, 6.45) is 4.64. The Balaban J connectivity index is 1.68. The minimum absolute atomic E-state index is 0.127. The van der Waals surface area contributed by atoms with Gasteiger partial charge in [0.2, 0.25) is 0 Å². The highest BCUT2D eigenvalue weighted by atomic mass is 16.5.